The average Bonchev–Trinajstić information content (AvgIpc) is 3.51. The van der Waals surface area contributed by atoms with E-state index in [9.17, 15) is 14.4 Å². The third-order valence-electron chi connectivity index (χ3n) is 9.14. The summed E-state index contributed by atoms with van der Waals surface area (Å²) in [6.45, 7) is 23.8. The Hall–Kier alpha value is -3.13. The normalized spacial score (nSPS) is 24.9. The summed E-state index contributed by atoms with van der Waals surface area (Å²) in [6, 6.07) is 0.757. The van der Waals surface area contributed by atoms with Crippen molar-refractivity contribution in [1.29, 1.82) is 0 Å². The molecule has 1 saturated heterocycles. The molecule has 46 heavy (non-hydrogen) atoms. The van der Waals surface area contributed by atoms with Crippen LogP contribution in [0.3, 0.4) is 0 Å². The molecule has 3 aliphatic heterocycles. The second kappa shape index (κ2) is 11.5. The molecule has 0 unspecified atom stereocenters. The maximum absolute atomic E-state index is 14.7. The van der Waals surface area contributed by atoms with E-state index in [1.807, 2.05) is 19.9 Å². The molecule has 1 aliphatic carbocycles. The smallest absolute Gasteiger partial charge is 0.418 e. The van der Waals surface area contributed by atoms with Crippen molar-refractivity contribution in [2.24, 2.45) is 0 Å². The van der Waals surface area contributed by atoms with Crippen LogP contribution >= 0.6 is 0 Å². The standard InChI is InChI=1S/C33H48N2O10Si/c1-13-34(14-2)29(37)41-26-22-18(15-20-24(26)40-17-39-20)19-16-21(45-46(11,12)32(6,7)8)25-27(43-33(9,10)42-25)23(19)35(28(22)36)30(38)44-31(3,4)5/h15-16,21,23,25,27H,13-14,17H2,1-12H3/t21-,23+,25+,27-/m0/s1. The first-order valence-corrected chi connectivity index (χ1v) is 18.9. The van der Waals surface area contributed by atoms with Crippen LogP contribution in [0, 0.1) is 0 Å². The topological polar surface area (TPSA) is 122 Å². The van der Waals surface area contributed by atoms with Gasteiger partial charge in [0.25, 0.3) is 5.91 Å². The number of imide groups is 1. The van der Waals surface area contributed by atoms with Crippen LogP contribution in [0.25, 0.3) is 5.57 Å². The zero-order valence-corrected chi connectivity index (χ0v) is 30.1. The first-order valence-electron chi connectivity index (χ1n) is 15.9. The summed E-state index contributed by atoms with van der Waals surface area (Å²) < 4.78 is 43.1. The lowest BCUT2D eigenvalue weighted by Gasteiger charge is -2.47. The SMILES string of the molecule is CCN(CC)C(=O)Oc1c2c(cc3c1C(=O)N(C(=O)OC(C)(C)C)[C@@H]1C3=C[C@H](O[Si](C)(C)C(C)(C)C)[C@H]3OC(C)(C)O[C@H]31)OCO2. The van der Waals surface area contributed by atoms with Gasteiger partial charge in [-0.05, 0) is 84.3 Å². The summed E-state index contributed by atoms with van der Waals surface area (Å²) in [7, 11) is -2.37. The van der Waals surface area contributed by atoms with Gasteiger partial charge in [0.15, 0.2) is 25.6 Å². The molecule has 12 nitrogen and oxygen atoms in total. The first kappa shape index (κ1) is 34.2. The van der Waals surface area contributed by atoms with Crippen LogP contribution in [0.4, 0.5) is 9.59 Å². The molecular formula is C33H48N2O10Si. The molecule has 3 amide bonds. The molecule has 0 N–H and O–H groups in total. The number of amides is 3. The van der Waals surface area contributed by atoms with Gasteiger partial charge in [0.05, 0.1) is 17.7 Å². The molecule has 13 heteroatoms. The fourth-order valence-corrected chi connectivity index (χ4v) is 7.19. The number of benzene rings is 1. The minimum Gasteiger partial charge on any atom is -0.453 e. The van der Waals surface area contributed by atoms with Crippen molar-refractivity contribution in [3.8, 4) is 17.2 Å². The second-order valence-corrected chi connectivity index (χ2v) is 19.8. The summed E-state index contributed by atoms with van der Waals surface area (Å²) in [5.74, 6) is -1.45. The summed E-state index contributed by atoms with van der Waals surface area (Å²) in [5, 5.41) is -0.117. The van der Waals surface area contributed by atoms with E-state index >= 15 is 0 Å². The van der Waals surface area contributed by atoms with Crippen LogP contribution in [-0.4, -0.2) is 91.8 Å². The Morgan fingerprint density at radius 1 is 1.04 bits per heavy atom. The Labute approximate surface area is 272 Å². The van der Waals surface area contributed by atoms with E-state index in [0.29, 0.717) is 30.0 Å². The summed E-state index contributed by atoms with van der Waals surface area (Å²) in [4.78, 5) is 44.5. The highest BCUT2D eigenvalue weighted by atomic mass is 28.4. The summed E-state index contributed by atoms with van der Waals surface area (Å²) >= 11 is 0. The molecule has 3 heterocycles. The Kier molecular flexibility index (Phi) is 8.58. The fraction of sp³-hybridized carbons (Fsp3) is 0.667. The van der Waals surface area contributed by atoms with Crippen molar-refractivity contribution in [1.82, 2.24) is 9.80 Å². The van der Waals surface area contributed by atoms with Crippen molar-refractivity contribution in [3.63, 3.8) is 0 Å². The van der Waals surface area contributed by atoms with Gasteiger partial charge in [-0.2, -0.15) is 0 Å². The van der Waals surface area contributed by atoms with Gasteiger partial charge in [0.2, 0.25) is 12.5 Å². The lowest BCUT2D eigenvalue weighted by atomic mass is 9.78. The van der Waals surface area contributed by atoms with E-state index < -0.39 is 62.2 Å². The molecule has 0 aromatic heterocycles. The largest absolute Gasteiger partial charge is 0.453 e. The van der Waals surface area contributed by atoms with E-state index in [-0.39, 0.29) is 28.9 Å². The average molecular weight is 661 g/mol. The Morgan fingerprint density at radius 2 is 1.67 bits per heavy atom. The van der Waals surface area contributed by atoms with Gasteiger partial charge in [-0.3, -0.25) is 4.79 Å². The van der Waals surface area contributed by atoms with Gasteiger partial charge in [0.1, 0.15) is 17.8 Å². The molecular weight excluding hydrogens is 612 g/mol. The quantitative estimate of drug-likeness (QED) is 0.332. The van der Waals surface area contributed by atoms with E-state index in [1.165, 1.54) is 4.90 Å². The van der Waals surface area contributed by atoms with Gasteiger partial charge >= 0.3 is 12.2 Å². The number of rotatable bonds is 5. The van der Waals surface area contributed by atoms with Crippen LogP contribution in [0.1, 0.15) is 85.2 Å². The van der Waals surface area contributed by atoms with E-state index in [0.717, 1.165) is 4.90 Å². The van der Waals surface area contributed by atoms with E-state index in [4.69, 9.17) is 32.8 Å². The number of carbonyl (C=O) groups excluding carboxylic acids is 3. The molecule has 254 valence electrons. The Morgan fingerprint density at radius 3 is 2.26 bits per heavy atom. The number of fused-ring (bicyclic) bond motifs is 6. The molecule has 0 spiro atoms. The van der Waals surface area contributed by atoms with Crippen LogP contribution in [0.15, 0.2) is 12.1 Å². The maximum atomic E-state index is 14.7. The van der Waals surface area contributed by atoms with Crippen LogP contribution in [0.2, 0.25) is 18.1 Å². The predicted molar refractivity (Wildman–Crippen MR) is 172 cm³/mol. The Balaban J connectivity index is 1.76. The Bertz CT molecular complexity index is 1450. The van der Waals surface area contributed by atoms with E-state index in [1.54, 1.807) is 40.7 Å². The molecule has 1 aromatic rings. The van der Waals surface area contributed by atoms with Crippen molar-refractivity contribution in [2.75, 3.05) is 19.9 Å². The number of hydrogen-bond donors (Lipinski definition) is 0. The minimum atomic E-state index is -2.37. The third kappa shape index (κ3) is 6.02. The molecule has 5 rings (SSSR count). The highest BCUT2D eigenvalue weighted by molar-refractivity contribution is 6.74. The lowest BCUT2D eigenvalue weighted by Crippen LogP contribution is -2.61. The molecule has 1 fully saturated rings. The maximum Gasteiger partial charge on any atom is 0.418 e. The van der Waals surface area contributed by atoms with E-state index in [2.05, 4.69) is 33.9 Å². The third-order valence-corrected chi connectivity index (χ3v) is 13.6. The van der Waals surface area contributed by atoms with Crippen molar-refractivity contribution in [3.05, 3.63) is 23.3 Å². The zero-order chi connectivity index (χ0) is 34.1. The summed E-state index contributed by atoms with van der Waals surface area (Å²) in [5.41, 5.74) is 0.0750. The monoisotopic (exact) mass is 660 g/mol. The first-order chi connectivity index (χ1) is 21.2. The molecule has 1 aromatic carbocycles. The number of hydrogen-bond acceptors (Lipinski definition) is 10. The zero-order valence-electron chi connectivity index (χ0n) is 29.1. The van der Waals surface area contributed by atoms with Gasteiger partial charge < -0.3 is 37.7 Å². The molecule has 4 aliphatic rings. The van der Waals surface area contributed by atoms with Gasteiger partial charge in [-0.25, -0.2) is 14.5 Å². The second-order valence-electron chi connectivity index (χ2n) is 15.0. The van der Waals surface area contributed by atoms with Gasteiger partial charge in [-0.1, -0.05) is 20.8 Å². The van der Waals surface area contributed by atoms with Crippen molar-refractivity contribution in [2.45, 2.75) is 123 Å². The van der Waals surface area contributed by atoms with Gasteiger partial charge in [-0.15, -0.1) is 0 Å². The minimum absolute atomic E-state index is 0.0131. The van der Waals surface area contributed by atoms with Crippen LogP contribution < -0.4 is 14.2 Å². The fourth-order valence-electron chi connectivity index (χ4n) is 5.95. The number of nitrogens with zero attached hydrogens (tertiary/aromatic N) is 2. The number of ether oxygens (including phenoxy) is 6. The number of carbonyl (C=O) groups is 3. The van der Waals surface area contributed by atoms with Crippen LogP contribution in [0.5, 0.6) is 17.2 Å². The van der Waals surface area contributed by atoms with Crippen LogP contribution in [-0.2, 0) is 18.6 Å². The van der Waals surface area contributed by atoms with Crippen molar-refractivity contribution >= 4 is 32.0 Å². The molecule has 0 saturated carbocycles. The van der Waals surface area contributed by atoms with Gasteiger partial charge in [0, 0.05) is 18.7 Å². The highest BCUT2D eigenvalue weighted by Crippen LogP contribution is 2.54. The molecule has 0 bridgehead atoms. The van der Waals surface area contributed by atoms with Crippen molar-refractivity contribution < 1.29 is 47.2 Å². The summed E-state index contributed by atoms with van der Waals surface area (Å²) in [6.07, 6.45) is -1.62. The highest BCUT2D eigenvalue weighted by Gasteiger charge is 2.60. The lowest BCUT2D eigenvalue weighted by molar-refractivity contribution is -0.153. The molecule has 4 atom stereocenters. The molecule has 0 radical (unpaired) electrons. The predicted octanol–water partition coefficient (Wildman–Crippen LogP) is 6.32.